The molecule has 6 heteroatoms. The Hall–Kier alpha value is -1.95. The Balaban J connectivity index is 2.13. The van der Waals surface area contributed by atoms with E-state index in [1.54, 1.807) is 28.6 Å². The summed E-state index contributed by atoms with van der Waals surface area (Å²) < 4.78 is 13.0. The molecule has 0 unspecified atom stereocenters. The van der Waals surface area contributed by atoms with Crippen molar-refractivity contribution in [3.63, 3.8) is 0 Å². The highest BCUT2D eigenvalue weighted by Crippen LogP contribution is 2.18. The van der Waals surface area contributed by atoms with Crippen LogP contribution in [0, 0.1) is 5.82 Å². The zero-order valence-electron chi connectivity index (χ0n) is 11.2. The molecule has 20 heavy (non-hydrogen) atoms. The van der Waals surface area contributed by atoms with E-state index < -0.39 is 0 Å². The largest absolute Gasteiger partial charge is 0.328 e. The normalized spacial score (nSPS) is 10.3. The first-order valence-electron chi connectivity index (χ1n) is 6.44. The van der Waals surface area contributed by atoms with Gasteiger partial charge in [-0.3, -0.25) is 10.2 Å². The van der Waals surface area contributed by atoms with E-state index in [-0.39, 0.29) is 11.8 Å². The van der Waals surface area contributed by atoms with Crippen molar-refractivity contribution >= 4 is 28.2 Å². The fourth-order valence-corrected chi connectivity index (χ4v) is 2.25. The summed E-state index contributed by atoms with van der Waals surface area (Å²) in [5, 5.41) is 5.09. The number of nitrogens with one attached hydrogen (secondary N) is 1. The molecular weight excluding hydrogens is 277 g/mol. The molecule has 0 saturated heterocycles. The summed E-state index contributed by atoms with van der Waals surface area (Å²) in [5.74, 6) is -0.315. The highest BCUT2D eigenvalue weighted by Gasteiger charge is 2.16. The molecule has 1 heterocycles. The van der Waals surface area contributed by atoms with E-state index in [0.717, 1.165) is 12.8 Å². The van der Waals surface area contributed by atoms with E-state index in [1.807, 2.05) is 0 Å². The van der Waals surface area contributed by atoms with Crippen molar-refractivity contribution in [2.45, 2.75) is 19.8 Å². The van der Waals surface area contributed by atoms with Gasteiger partial charge in [-0.25, -0.2) is 14.2 Å². The van der Waals surface area contributed by atoms with Gasteiger partial charge in [0.05, 0.1) is 0 Å². The zero-order valence-corrected chi connectivity index (χ0v) is 12.0. The fourth-order valence-electron chi connectivity index (χ4n) is 1.73. The molecule has 0 bridgehead atoms. The third kappa shape index (κ3) is 3.77. The lowest BCUT2D eigenvalue weighted by atomic mass is 10.2. The molecule has 0 aliphatic carbocycles. The number of thiazole rings is 1. The predicted octanol–water partition coefficient (Wildman–Crippen LogP) is 4.12. The molecule has 4 nitrogen and oxygen atoms in total. The van der Waals surface area contributed by atoms with Gasteiger partial charge in [-0.2, -0.15) is 0 Å². The lowest BCUT2D eigenvalue weighted by Crippen LogP contribution is -2.35. The van der Waals surface area contributed by atoms with Crippen LogP contribution in [0.4, 0.5) is 20.0 Å². The van der Waals surface area contributed by atoms with Gasteiger partial charge in [0.15, 0.2) is 5.13 Å². The monoisotopic (exact) mass is 293 g/mol. The summed E-state index contributed by atoms with van der Waals surface area (Å²) in [7, 11) is 0. The number of hydrogen-bond donors (Lipinski definition) is 1. The molecular formula is C14H16FN3OS. The molecule has 0 aliphatic heterocycles. The van der Waals surface area contributed by atoms with Crippen molar-refractivity contribution in [2.75, 3.05) is 16.8 Å². The van der Waals surface area contributed by atoms with Crippen LogP contribution in [-0.4, -0.2) is 17.6 Å². The van der Waals surface area contributed by atoms with E-state index >= 15 is 0 Å². The van der Waals surface area contributed by atoms with Crippen LogP contribution in [0.3, 0.4) is 0 Å². The van der Waals surface area contributed by atoms with Gasteiger partial charge in [-0.05, 0) is 30.7 Å². The molecule has 0 spiro atoms. The molecule has 0 fully saturated rings. The highest BCUT2D eigenvalue weighted by molar-refractivity contribution is 7.13. The lowest BCUT2D eigenvalue weighted by Gasteiger charge is -2.22. The number of aromatic nitrogens is 1. The van der Waals surface area contributed by atoms with Crippen molar-refractivity contribution in [3.8, 4) is 0 Å². The third-order valence-electron chi connectivity index (χ3n) is 2.76. The number of nitrogens with zero attached hydrogens (tertiary/aromatic N) is 2. The van der Waals surface area contributed by atoms with Crippen molar-refractivity contribution in [1.29, 1.82) is 0 Å². The SMILES string of the molecule is CCCCN(C(=O)Nc1nccs1)c1ccc(F)cc1. The quantitative estimate of drug-likeness (QED) is 0.901. The van der Waals surface area contributed by atoms with Gasteiger partial charge in [0.2, 0.25) is 0 Å². The number of carbonyl (C=O) groups is 1. The second-order valence-corrected chi connectivity index (χ2v) is 5.14. The average Bonchev–Trinajstić information content (AvgIpc) is 2.94. The highest BCUT2D eigenvalue weighted by atomic mass is 32.1. The number of rotatable bonds is 5. The van der Waals surface area contributed by atoms with Crippen LogP contribution in [0.25, 0.3) is 0 Å². The summed E-state index contributed by atoms with van der Waals surface area (Å²) in [5.41, 5.74) is 0.675. The van der Waals surface area contributed by atoms with Gasteiger partial charge in [-0.1, -0.05) is 13.3 Å². The van der Waals surface area contributed by atoms with E-state index in [4.69, 9.17) is 0 Å². The van der Waals surface area contributed by atoms with E-state index in [2.05, 4.69) is 17.2 Å². The second kappa shape index (κ2) is 7.00. The van der Waals surface area contributed by atoms with Crippen molar-refractivity contribution < 1.29 is 9.18 Å². The standard InChI is InChI=1S/C14H16FN3OS/c1-2-3-9-18(12-6-4-11(15)5-7-12)14(19)17-13-16-8-10-20-13/h4-8,10H,2-3,9H2,1H3,(H,16,17,19). The summed E-state index contributed by atoms with van der Waals surface area (Å²) in [6.07, 6.45) is 3.49. The summed E-state index contributed by atoms with van der Waals surface area (Å²) in [4.78, 5) is 17.9. The fraction of sp³-hybridized carbons (Fsp3) is 0.286. The van der Waals surface area contributed by atoms with Crippen LogP contribution in [0.5, 0.6) is 0 Å². The number of hydrogen-bond acceptors (Lipinski definition) is 3. The van der Waals surface area contributed by atoms with Gasteiger partial charge in [-0.15, -0.1) is 11.3 Å². The molecule has 106 valence electrons. The van der Waals surface area contributed by atoms with Crippen molar-refractivity contribution in [1.82, 2.24) is 4.98 Å². The summed E-state index contributed by atoms with van der Waals surface area (Å²) in [6, 6.07) is 5.66. The first-order chi connectivity index (χ1) is 9.70. The first kappa shape index (κ1) is 14.5. The number of urea groups is 1. The minimum Gasteiger partial charge on any atom is -0.294 e. The van der Waals surface area contributed by atoms with Gasteiger partial charge >= 0.3 is 6.03 Å². The Kier molecular flexibility index (Phi) is 5.06. The van der Waals surface area contributed by atoms with E-state index in [1.165, 1.54) is 23.5 Å². The molecule has 0 atom stereocenters. The summed E-state index contributed by atoms with van der Waals surface area (Å²) in [6.45, 7) is 2.64. The molecule has 1 aromatic heterocycles. The minimum absolute atomic E-state index is 0.250. The topological polar surface area (TPSA) is 45.2 Å². The molecule has 0 saturated carbocycles. The number of carbonyl (C=O) groups excluding carboxylic acids is 1. The summed E-state index contributed by atoms with van der Waals surface area (Å²) >= 11 is 1.36. The molecule has 2 aromatic rings. The zero-order chi connectivity index (χ0) is 14.4. The van der Waals surface area contributed by atoms with Crippen LogP contribution in [-0.2, 0) is 0 Å². The Morgan fingerprint density at radius 1 is 1.40 bits per heavy atom. The third-order valence-corrected chi connectivity index (χ3v) is 3.45. The van der Waals surface area contributed by atoms with E-state index in [0.29, 0.717) is 17.4 Å². The van der Waals surface area contributed by atoms with Gasteiger partial charge in [0.25, 0.3) is 0 Å². The predicted molar refractivity (Wildman–Crippen MR) is 79.8 cm³/mol. The van der Waals surface area contributed by atoms with Gasteiger partial charge in [0.1, 0.15) is 5.82 Å². The van der Waals surface area contributed by atoms with Gasteiger partial charge < -0.3 is 0 Å². The molecule has 2 rings (SSSR count). The molecule has 1 N–H and O–H groups in total. The number of anilines is 2. The van der Waals surface area contributed by atoms with Crippen LogP contribution in [0.1, 0.15) is 19.8 Å². The Morgan fingerprint density at radius 2 is 2.15 bits per heavy atom. The van der Waals surface area contributed by atoms with Crippen molar-refractivity contribution in [3.05, 3.63) is 41.7 Å². The number of unbranched alkanes of at least 4 members (excludes halogenated alkanes) is 1. The maximum Gasteiger partial charge on any atom is 0.328 e. The van der Waals surface area contributed by atoms with Crippen LogP contribution in [0.2, 0.25) is 0 Å². The van der Waals surface area contributed by atoms with Gasteiger partial charge in [0, 0.05) is 23.8 Å². The smallest absolute Gasteiger partial charge is 0.294 e. The Morgan fingerprint density at radius 3 is 2.75 bits per heavy atom. The van der Waals surface area contributed by atoms with Crippen LogP contribution < -0.4 is 10.2 Å². The minimum atomic E-state index is -0.315. The molecule has 2 amide bonds. The number of amides is 2. The maximum atomic E-state index is 13.0. The molecule has 0 aliphatic rings. The number of benzene rings is 1. The molecule has 1 aromatic carbocycles. The average molecular weight is 293 g/mol. The maximum absolute atomic E-state index is 13.0. The lowest BCUT2D eigenvalue weighted by molar-refractivity contribution is 0.256. The first-order valence-corrected chi connectivity index (χ1v) is 7.32. The van der Waals surface area contributed by atoms with Crippen molar-refractivity contribution in [2.24, 2.45) is 0 Å². The molecule has 0 radical (unpaired) electrons. The second-order valence-electron chi connectivity index (χ2n) is 4.25. The van der Waals surface area contributed by atoms with Crippen LogP contribution >= 0.6 is 11.3 Å². The Labute approximate surface area is 121 Å². The Bertz CT molecular complexity index is 542. The van der Waals surface area contributed by atoms with E-state index in [9.17, 15) is 9.18 Å². The van der Waals surface area contributed by atoms with Crippen LogP contribution in [0.15, 0.2) is 35.8 Å². The number of halogens is 1.